The third-order valence-electron chi connectivity index (χ3n) is 3.72. The summed E-state index contributed by atoms with van der Waals surface area (Å²) in [4.78, 5) is 13.8. The lowest BCUT2D eigenvalue weighted by molar-refractivity contribution is 0.275. The van der Waals surface area contributed by atoms with Gasteiger partial charge in [-0.25, -0.2) is 9.97 Å². The summed E-state index contributed by atoms with van der Waals surface area (Å²) in [6, 6.07) is 0.443. The van der Waals surface area contributed by atoms with Crippen LogP contribution in [-0.2, 0) is 0 Å². The van der Waals surface area contributed by atoms with E-state index in [4.69, 9.17) is 4.98 Å². The maximum atomic E-state index is 4.70. The normalized spacial score (nSPS) is 21.0. The molecule has 1 N–H and O–H groups in total. The van der Waals surface area contributed by atoms with E-state index in [-0.39, 0.29) is 0 Å². The Kier molecular flexibility index (Phi) is 3.02. The Balaban J connectivity index is 2.05. The molecule has 2 aromatic rings. The van der Waals surface area contributed by atoms with Crippen LogP contribution in [0.25, 0.3) is 5.65 Å². The zero-order valence-electron chi connectivity index (χ0n) is 11.7. The van der Waals surface area contributed by atoms with Crippen molar-refractivity contribution in [2.75, 3.05) is 43.9 Å². The van der Waals surface area contributed by atoms with Crippen LogP contribution in [0.15, 0.2) is 18.6 Å². The highest BCUT2D eigenvalue weighted by molar-refractivity contribution is 5.67. The van der Waals surface area contributed by atoms with Gasteiger partial charge in [-0.2, -0.15) is 0 Å². The number of fused-ring (bicyclic) bond motifs is 1. The molecule has 0 aromatic carbocycles. The van der Waals surface area contributed by atoms with Gasteiger partial charge in [0.25, 0.3) is 0 Å². The van der Waals surface area contributed by atoms with Gasteiger partial charge >= 0.3 is 0 Å². The van der Waals surface area contributed by atoms with Crippen LogP contribution in [0.2, 0.25) is 0 Å². The molecule has 0 amide bonds. The summed E-state index contributed by atoms with van der Waals surface area (Å²) < 4.78 is 2.03. The molecule has 6 heteroatoms. The molecule has 102 valence electrons. The fourth-order valence-corrected chi connectivity index (χ4v) is 2.68. The maximum Gasteiger partial charge on any atom is 0.180 e. The lowest BCUT2D eigenvalue weighted by Gasteiger charge is -2.39. The largest absolute Gasteiger partial charge is 0.372 e. The van der Waals surface area contributed by atoms with Gasteiger partial charge in [0.1, 0.15) is 5.82 Å². The predicted molar refractivity (Wildman–Crippen MR) is 76.8 cm³/mol. The first-order valence-corrected chi connectivity index (χ1v) is 6.65. The van der Waals surface area contributed by atoms with Crippen LogP contribution in [0.1, 0.15) is 6.92 Å². The number of aromatic nitrogens is 3. The molecule has 1 atom stereocenters. The van der Waals surface area contributed by atoms with Crippen molar-refractivity contribution >= 4 is 17.3 Å². The van der Waals surface area contributed by atoms with E-state index in [0.29, 0.717) is 6.04 Å². The highest BCUT2D eigenvalue weighted by Crippen LogP contribution is 2.24. The van der Waals surface area contributed by atoms with Crippen LogP contribution < -0.4 is 10.2 Å². The minimum absolute atomic E-state index is 0.443. The second-order valence-electron chi connectivity index (χ2n) is 5.16. The van der Waals surface area contributed by atoms with Gasteiger partial charge in [-0.1, -0.05) is 0 Å². The lowest BCUT2D eigenvalue weighted by Crippen LogP contribution is -2.51. The summed E-state index contributed by atoms with van der Waals surface area (Å²) in [7, 11) is 4.05. The van der Waals surface area contributed by atoms with Crippen molar-refractivity contribution in [1.29, 1.82) is 0 Å². The second-order valence-corrected chi connectivity index (χ2v) is 5.16. The van der Waals surface area contributed by atoms with Crippen LogP contribution >= 0.6 is 0 Å². The summed E-state index contributed by atoms with van der Waals surface area (Å²) in [6.07, 6.45) is 5.75. The van der Waals surface area contributed by atoms with Crippen molar-refractivity contribution in [3.05, 3.63) is 18.6 Å². The molecular formula is C13H20N6. The highest BCUT2D eigenvalue weighted by atomic mass is 15.3. The van der Waals surface area contributed by atoms with Gasteiger partial charge in [0, 0.05) is 45.1 Å². The molecule has 0 spiro atoms. The number of piperazine rings is 1. The number of rotatable bonds is 2. The smallest absolute Gasteiger partial charge is 0.180 e. The van der Waals surface area contributed by atoms with E-state index in [1.807, 2.05) is 30.0 Å². The Morgan fingerprint density at radius 1 is 1.37 bits per heavy atom. The number of imidazole rings is 1. The van der Waals surface area contributed by atoms with Crippen molar-refractivity contribution in [3.8, 4) is 0 Å². The summed E-state index contributed by atoms with van der Waals surface area (Å²) in [6.45, 7) is 5.34. The molecule has 0 saturated carbocycles. The van der Waals surface area contributed by atoms with Gasteiger partial charge in [-0.05, 0) is 14.0 Å². The molecule has 1 aliphatic heterocycles. The van der Waals surface area contributed by atoms with E-state index in [0.717, 1.165) is 36.9 Å². The van der Waals surface area contributed by atoms with Crippen LogP contribution in [0, 0.1) is 0 Å². The van der Waals surface area contributed by atoms with E-state index < -0.39 is 0 Å². The van der Waals surface area contributed by atoms with E-state index in [1.165, 1.54) is 0 Å². The summed E-state index contributed by atoms with van der Waals surface area (Å²) in [5.41, 5.74) is 0.926. The fourth-order valence-electron chi connectivity index (χ4n) is 2.68. The highest BCUT2D eigenvalue weighted by Gasteiger charge is 2.25. The quantitative estimate of drug-likeness (QED) is 0.870. The number of hydrogen-bond donors (Lipinski definition) is 1. The fraction of sp³-hybridized carbons (Fsp3) is 0.538. The first-order valence-electron chi connectivity index (χ1n) is 6.65. The zero-order valence-corrected chi connectivity index (χ0v) is 11.7. The molecule has 1 fully saturated rings. The Bertz CT molecular complexity index is 578. The molecule has 6 nitrogen and oxygen atoms in total. The van der Waals surface area contributed by atoms with Crippen molar-refractivity contribution in [2.24, 2.45) is 0 Å². The molecule has 0 radical (unpaired) electrons. The number of nitrogens with one attached hydrogen (secondary N) is 1. The summed E-state index contributed by atoms with van der Waals surface area (Å²) in [5, 5.41) is 3.12. The number of likely N-dealkylation sites (N-methyl/N-ethyl adjacent to an activating group) is 1. The summed E-state index contributed by atoms with van der Waals surface area (Å²) in [5.74, 6) is 1.84. The van der Waals surface area contributed by atoms with Gasteiger partial charge < -0.3 is 19.5 Å². The van der Waals surface area contributed by atoms with Crippen molar-refractivity contribution in [3.63, 3.8) is 0 Å². The average Bonchev–Trinajstić information content (AvgIpc) is 2.86. The van der Waals surface area contributed by atoms with Crippen molar-refractivity contribution in [2.45, 2.75) is 13.0 Å². The number of hydrogen-bond acceptors (Lipinski definition) is 5. The monoisotopic (exact) mass is 260 g/mol. The predicted octanol–water partition coefficient (Wildman–Crippen LogP) is 0.911. The molecule has 3 rings (SSSR count). The van der Waals surface area contributed by atoms with Gasteiger partial charge in [-0.15, -0.1) is 0 Å². The first-order chi connectivity index (χ1) is 9.19. The second kappa shape index (κ2) is 4.70. The average molecular weight is 260 g/mol. The maximum absolute atomic E-state index is 4.70. The molecule has 1 saturated heterocycles. The minimum atomic E-state index is 0.443. The molecular weight excluding hydrogens is 240 g/mol. The van der Waals surface area contributed by atoms with Crippen LogP contribution in [-0.4, -0.2) is 59.0 Å². The van der Waals surface area contributed by atoms with E-state index in [2.05, 4.69) is 34.1 Å². The third-order valence-corrected chi connectivity index (χ3v) is 3.72. The van der Waals surface area contributed by atoms with E-state index >= 15 is 0 Å². The molecule has 19 heavy (non-hydrogen) atoms. The van der Waals surface area contributed by atoms with Crippen molar-refractivity contribution in [1.82, 2.24) is 19.3 Å². The third kappa shape index (κ3) is 2.12. The molecule has 0 bridgehead atoms. The van der Waals surface area contributed by atoms with E-state index in [9.17, 15) is 0 Å². The Hall–Kier alpha value is -1.82. The SMILES string of the molecule is CNc1cn2ccnc2c(N2CCN(C)CC2C)n1. The summed E-state index contributed by atoms with van der Waals surface area (Å²) >= 11 is 0. The molecule has 1 unspecified atom stereocenters. The molecule has 2 aromatic heterocycles. The Labute approximate surface area is 113 Å². The van der Waals surface area contributed by atoms with E-state index in [1.54, 1.807) is 0 Å². The van der Waals surface area contributed by atoms with Gasteiger partial charge in [-0.3, -0.25) is 0 Å². The Morgan fingerprint density at radius 2 is 2.21 bits per heavy atom. The lowest BCUT2D eigenvalue weighted by atomic mass is 10.2. The van der Waals surface area contributed by atoms with Gasteiger partial charge in [0.15, 0.2) is 11.5 Å². The topological polar surface area (TPSA) is 48.7 Å². The molecule has 0 aliphatic carbocycles. The first kappa shape index (κ1) is 12.2. The molecule has 1 aliphatic rings. The van der Waals surface area contributed by atoms with Crippen LogP contribution in [0.5, 0.6) is 0 Å². The number of anilines is 2. The van der Waals surface area contributed by atoms with Gasteiger partial charge in [0.2, 0.25) is 0 Å². The van der Waals surface area contributed by atoms with Gasteiger partial charge in [0.05, 0.1) is 6.20 Å². The number of nitrogens with zero attached hydrogens (tertiary/aromatic N) is 5. The van der Waals surface area contributed by atoms with Crippen LogP contribution in [0.4, 0.5) is 11.6 Å². The molecule has 3 heterocycles. The van der Waals surface area contributed by atoms with Crippen molar-refractivity contribution < 1.29 is 0 Å². The Morgan fingerprint density at radius 3 is 2.95 bits per heavy atom. The zero-order chi connectivity index (χ0) is 13.4. The standard InChI is InChI=1S/C13H20N6/c1-10-8-17(3)6-7-19(10)13-12-15-4-5-18(12)9-11(14-2)16-13/h4-5,9-10,14H,6-8H2,1-3H3. The van der Waals surface area contributed by atoms with Crippen LogP contribution in [0.3, 0.4) is 0 Å². The minimum Gasteiger partial charge on any atom is -0.372 e.